The summed E-state index contributed by atoms with van der Waals surface area (Å²) in [5.74, 6) is 0.771. The van der Waals surface area contributed by atoms with Gasteiger partial charge in [-0.3, -0.25) is 9.30 Å². The zero-order valence-electron chi connectivity index (χ0n) is 11.5. The molecule has 2 aromatic rings. The largest absolute Gasteiger partial charge is 0.395 e. The van der Waals surface area contributed by atoms with Gasteiger partial charge in [0.25, 0.3) is 0 Å². The maximum atomic E-state index is 9.36. The van der Waals surface area contributed by atoms with Crippen molar-refractivity contribution in [3.05, 3.63) is 29.3 Å². The number of imidazole rings is 1. The van der Waals surface area contributed by atoms with Crippen LogP contribution in [-0.2, 0) is 6.54 Å². The Bertz CT molecular complexity index is 592. The zero-order valence-corrected chi connectivity index (χ0v) is 11.5. The molecule has 3 heterocycles. The smallest absolute Gasteiger partial charge is 0.234 e. The molecule has 2 aromatic heterocycles. The molecule has 102 valence electrons. The standard InChI is InChI=1S/C14H20N4O/c1-10-6-11(2)18-8-12(16-14(18)15-10)7-17-5-3-4-13(17)9-19/h6,8,13,19H,3-5,7,9H2,1-2H3/t13-/m0/s1. The lowest BCUT2D eigenvalue weighted by Crippen LogP contribution is -2.31. The van der Waals surface area contributed by atoms with Crippen molar-refractivity contribution >= 4 is 5.78 Å². The number of aliphatic hydroxyl groups is 1. The minimum atomic E-state index is 0.240. The normalized spacial score (nSPS) is 20.5. The van der Waals surface area contributed by atoms with E-state index in [2.05, 4.69) is 34.1 Å². The summed E-state index contributed by atoms with van der Waals surface area (Å²) >= 11 is 0. The zero-order chi connectivity index (χ0) is 13.4. The van der Waals surface area contributed by atoms with Gasteiger partial charge in [0.05, 0.1) is 12.3 Å². The third-order valence-electron chi connectivity index (χ3n) is 3.89. The predicted octanol–water partition coefficient (Wildman–Crippen LogP) is 1.30. The van der Waals surface area contributed by atoms with Crippen LogP contribution in [0.15, 0.2) is 12.3 Å². The number of hydrogen-bond acceptors (Lipinski definition) is 4. The van der Waals surface area contributed by atoms with Crippen molar-refractivity contribution in [3.63, 3.8) is 0 Å². The molecular weight excluding hydrogens is 240 g/mol. The summed E-state index contributed by atoms with van der Waals surface area (Å²) in [5.41, 5.74) is 3.18. The Balaban J connectivity index is 1.87. The van der Waals surface area contributed by atoms with Crippen molar-refractivity contribution in [2.45, 2.75) is 39.3 Å². The van der Waals surface area contributed by atoms with Gasteiger partial charge in [-0.1, -0.05) is 0 Å². The number of aliphatic hydroxyl groups excluding tert-OH is 1. The number of fused-ring (bicyclic) bond motifs is 1. The van der Waals surface area contributed by atoms with Crippen LogP contribution in [0.1, 0.15) is 29.9 Å². The number of hydrogen-bond donors (Lipinski definition) is 1. The van der Waals surface area contributed by atoms with Gasteiger partial charge in [-0.2, -0.15) is 0 Å². The second-order valence-corrected chi connectivity index (χ2v) is 5.39. The van der Waals surface area contributed by atoms with Crippen molar-refractivity contribution < 1.29 is 5.11 Å². The Hall–Kier alpha value is -1.46. The lowest BCUT2D eigenvalue weighted by Gasteiger charge is -2.21. The molecule has 5 nitrogen and oxygen atoms in total. The fraction of sp³-hybridized carbons (Fsp3) is 0.571. The van der Waals surface area contributed by atoms with E-state index in [9.17, 15) is 5.11 Å². The van der Waals surface area contributed by atoms with Crippen molar-refractivity contribution in [2.75, 3.05) is 13.2 Å². The quantitative estimate of drug-likeness (QED) is 0.904. The molecule has 0 amide bonds. The Morgan fingerprint density at radius 2 is 2.21 bits per heavy atom. The van der Waals surface area contributed by atoms with Gasteiger partial charge in [0.15, 0.2) is 0 Å². The Kier molecular flexibility index (Phi) is 3.24. The Labute approximate surface area is 112 Å². The first-order valence-electron chi connectivity index (χ1n) is 6.84. The summed E-state index contributed by atoms with van der Waals surface area (Å²) in [6, 6.07) is 2.35. The van der Waals surface area contributed by atoms with Crippen LogP contribution in [0.5, 0.6) is 0 Å². The van der Waals surface area contributed by atoms with Gasteiger partial charge in [0.2, 0.25) is 5.78 Å². The molecule has 0 aromatic carbocycles. The number of nitrogens with zero attached hydrogens (tertiary/aromatic N) is 4. The molecule has 0 aliphatic carbocycles. The molecule has 19 heavy (non-hydrogen) atoms. The van der Waals surface area contributed by atoms with Gasteiger partial charge in [0.1, 0.15) is 0 Å². The molecule has 1 aliphatic rings. The van der Waals surface area contributed by atoms with E-state index < -0.39 is 0 Å². The third kappa shape index (κ3) is 2.35. The average Bonchev–Trinajstić information content (AvgIpc) is 2.95. The molecule has 3 rings (SSSR count). The highest BCUT2D eigenvalue weighted by atomic mass is 16.3. The monoisotopic (exact) mass is 260 g/mol. The number of likely N-dealkylation sites (tertiary alicyclic amines) is 1. The van der Waals surface area contributed by atoms with E-state index in [0.29, 0.717) is 6.04 Å². The van der Waals surface area contributed by atoms with E-state index in [0.717, 1.165) is 48.8 Å². The van der Waals surface area contributed by atoms with Crippen LogP contribution in [0.4, 0.5) is 0 Å². The average molecular weight is 260 g/mol. The summed E-state index contributed by atoms with van der Waals surface area (Å²) in [5, 5.41) is 9.36. The van der Waals surface area contributed by atoms with E-state index in [1.807, 2.05) is 11.3 Å². The SMILES string of the molecule is Cc1cc(C)n2cc(CN3CCC[C@H]3CO)nc2n1. The van der Waals surface area contributed by atoms with Crippen LogP contribution in [0.2, 0.25) is 0 Å². The molecule has 1 N–H and O–H groups in total. The van der Waals surface area contributed by atoms with Crippen LogP contribution in [0, 0.1) is 13.8 Å². The third-order valence-corrected chi connectivity index (χ3v) is 3.89. The first-order chi connectivity index (χ1) is 9.17. The van der Waals surface area contributed by atoms with Crippen LogP contribution in [0.25, 0.3) is 5.78 Å². The van der Waals surface area contributed by atoms with Crippen molar-refractivity contribution in [2.24, 2.45) is 0 Å². The molecule has 1 aliphatic heterocycles. The van der Waals surface area contributed by atoms with Gasteiger partial charge >= 0.3 is 0 Å². The van der Waals surface area contributed by atoms with E-state index in [-0.39, 0.29) is 6.61 Å². The topological polar surface area (TPSA) is 53.7 Å². The fourth-order valence-corrected chi connectivity index (χ4v) is 2.91. The summed E-state index contributed by atoms with van der Waals surface area (Å²) in [7, 11) is 0. The summed E-state index contributed by atoms with van der Waals surface area (Å²) in [4.78, 5) is 11.4. The second-order valence-electron chi connectivity index (χ2n) is 5.39. The second kappa shape index (κ2) is 4.90. The fourth-order valence-electron chi connectivity index (χ4n) is 2.91. The van der Waals surface area contributed by atoms with E-state index in [1.54, 1.807) is 0 Å². The highest BCUT2D eigenvalue weighted by Crippen LogP contribution is 2.19. The van der Waals surface area contributed by atoms with Crippen LogP contribution in [0.3, 0.4) is 0 Å². The Morgan fingerprint density at radius 1 is 1.37 bits per heavy atom. The minimum absolute atomic E-state index is 0.240. The summed E-state index contributed by atoms with van der Waals surface area (Å²) in [6.07, 6.45) is 4.30. The highest BCUT2D eigenvalue weighted by Gasteiger charge is 2.24. The molecule has 0 unspecified atom stereocenters. The van der Waals surface area contributed by atoms with E-state index >= 15 is 0 Å². The first kappa shape index (κ1) is 12.6. The predicted molar refractivity (Wildman–Crippen MR) is 73.0 cm³/mol. The summed E-state index contributed by atoms with van der Waals surface area (Å²) < 4.78 is 2.03. The van der Waals surface area contributed by atoms with Gasteiger partial charge in [-0.05, 0) is 39.3 Å². The van der Waals surface area contributed by atoms with Crippen LogP contribution in [-0.4, -0.2) is 43.6 Å². The van der Waals surface area contributed by atoms with Crippen molar-refractivity contribution in [1.82, 2.24) is 19.3 Å². The lowest BCUT2D eigenvalue weighted by atomic mass is 10.2. The van der Waals surface area contributed by atoms with Gasteiger partial charge in [-0.15, -0.1) is 0 Å². The molecule has 0 saturated carbocycles. The maximum absolute atomic E-state index is 9.36. The minimum Gasteiger partial charge on any atom is -0.395 e. The molecule has 1 saturated heterocycles. The van der Waals surface area contributed by atoms with E-state index in [4.69, 9.17) is 0 Å². The number of aryl methyl sites for hydroxylation is 2. The van der Waals surface area contributed by atoms with Gasteiger partial charge in [-0.25, -0.2) is 9.97 Å². The van der Waals surface area contributed by atoms with Crippen LogP contribution >= 0.6 is 0 Å². The molecule has 0 radical (unpaired) electrons. The molecule has 1 atom stereocenters. The Morgan fingerprint density at radius 3 is 3.00 bits per heavy atom. The van der Waals surface area contributed by atoms with Crippen LogP contribution < -0.4 is 0 Å². The number of rotatable bonds is 3. The number of aromatic nitrogens is 3. The molecule has 0 bridgehead atoms. The van der Waals surface area contributed by atoms with Crippen molar-refractivity contribution in [1.29, 1.82) is 0 Å². The van der Waals surface area contributed by atoms with E-state index in [1.165, 1.54) is 0 Å². The first-order valence-corrected chi connectivity index (χ1v) is 6.84. The molecule has 1 fully saturated rings. The summed E-state index contributed by atoms with van der Waals surface area (Å²) in [6.45, 7) is 6.14. The molecular formula is C14H20N4O. The van der Waals surface area contributed by atoms with Crippen molar-refractivity contribution in [3.8, 4) is 0 Å². The van der Waals surface area contributed by atoms with Gasteiger partial charge in [0, 0.05) is 30.2 Å². The molecule has 5 heteroatoms. The maximum Gasteiger partial charge on any atom is 0.234 e. The highest BCUT2D eigenvalue weighted by molar-refractivity contribution is 5.34. The van der Waals surface area contributed by atoms with Gasteiger partial charge < -0.3 is 5.11 Å². The molecule has 0 spiro atoms. The lowest BCUT2D eigenvalue weighted by molar-refractivity contribution is 0.152.